The van der Waals surface area contributed by atoms with Crippen molar-refractivity contribution in [2.45, 2.75) is 60.0 Å². The van der Waals surface area contributed by atoms with Crippen molar-refractivity contribution in [1.29, 1.82) is 0 Å². The number of carbonyl (C=O) groups is 3. The van der Waals surface area contributed by atoms with E-state index in [-0.39, 0.29) is 11.5 Å². The molecule has 2 aromatic carbocycles. The Kier molecular flexibility index (Phi) is 10.9. The fraction of sp³-hybridized carbons (Fsp3) is 0.387. The molecule has 41 heavy (non-hydrogen) atoms. The van der Waals surface area contributed by atoms with Crippen molar-refractivity contribution in [3.05, 3.63) is 67.6 Å². The van der Waals surface area contributed by atoms with E-state index in [4.69, 9.17) is 30.9 Å². The molecule has 0 saturated heterocycles. The molecule has 0 aliphatic carbocycles. The quantitative estimate of drug-likeness (QED) is 0.167. The third kappa shape index (κ3) is 8.30. The van der Waals surface area contributed by atoms with Gasteiger partial charge in [-0.15, -0.1) is 0 Å². The van der Waals surface area contributed by atoms with E-state index in [9.17, 15) is 14.4 Å². The van der Waals surface area contributed by atoms with Crippen molar-refractivity contribution >= 4 is 46.9 Å². The number of nitrogens with one attached hydrogen (secondary N) is 1. The summed E-state index contributed by atoms with van der Waals surface area (Å²) in [6, 6.07) is 4.99. The number of carbonyl (C=O) groups excluding carboxylic acids is 2. The van der Waals surface area contributed by atoms with Crippen LogP contribution in [0.15, 0.2) is 34.8 Å². The molecule has 1 aliphatic rings. The van der Waals surface area contributed by atoms with E-state index in [2.05, 4.69) is 46.0 Å². The first-order chi connectivity index (χ1) is 19.3. The van der Waals surface area contributed by atoms with Gasteiger partial charge in [0.1, 0.15) is 42.6 Å². The molecule has 220 valence electrons. The van der Waals surface area contributed by atoms with E-state index in [0.717, 1.165) is 46.6 Å². The molecular weight excluding hydrogens is 566 g/mol. The molecule has 0 aromatic heterocycles. The molecule has 1 unspecified atom stereocenters. The lowest BCUT2D eigenvalue weighted by atomic mass is 9.87. The number of hydrogen-bond acceptors (Lipinski definition) is 7. The molecule has 1 aliphatic heterocycles. The van der Waals surface area contributed by atoms with Gasteiger partial charge in [0.25, 0.3) is 5.91 Å². The summed E-state index contributed by atoms with van der Waals surface area (Å²) in [7, 11) is 0. The van der Waals surface area contributed by atoms with Crippen molar-refractivity contribution < 1.29 is 33.7 Å². The summed E-state index contributed by atoms with van der Waals surface area (Å²) in [6.45, 7) is 12.5. The van der Waals surface area contributed by atoms with Crippen molar-refractivity contribution in [2.75, 3.05) is 19.8 Å². The summed E-state index contributed by atoms with van der Waals surface area (Å²) in [5.41, 5.74) is 6.04. The van der Waals surface area contributed by atoms with Gasteiger partial charge in [0, 0.05) is 5.56 Å². The summed E-state index contributed by atoms with van der Waals surface area (Å²) in [5.74, 6) is 0.381. The van der Waals surface area contributed by atoms with Crippen molar-refractivity contribution in [1.82, 2.24) is 5.32 Å². The molecule has 0 fully saturated rings. The molecule has 2 N–H and O–H groups in total. The molecule has 0 spiro atoms. The Morgan fingerprint density at radius 1 is 1.17 bits per heavy atom. The molecule has 0 bridgehead atoms. The lowest BCUT2D eigenvalue weighted by molar-refractivity contribution is -0.137. The smallest absolute Gasteiger partial charge is 0.322 e. The highest BCUT2D eigenvalue weighted by Gasteiger charge is 2.36. The number of aliphatic carboxylic acids is 1. The predicted molar refractivity (Wildman–Crippen MR) is 163 cm³/mol. The third-order valence-corrected chi connectivity index (χ3v) is 7.82. The van der Waals surface area contributed by atoms with E-state index < -0.39 is 24.0 Å². The van der Waals surface area contributed by atoms with Crippen molar-refractivity contribution in [3.8, 4) is 17.2 Å². The Morgan fingerprint density at radius 3 is 2.54 bits per heavy atom. The SMILES string of the molecule is CC(C)=CCOc1c(C)c(C)c2c(c1C)CCC(C)(COc1ccc(/C=C(\SC=O)C(=O)NCC(=O)O)cc1Cl)O2. The number of thioether (sulfide) groups is 1. The van der Waals surface area contributed by atoms with Crippen molar-refractivity contribution in [3.63, 3.8) is 0 Å². The Bertz CT molecular complexity index is 1400. The number of hydrogen-bond donors (Lipinski definition) is 2. The maximum Gasteiger partial charge on any atom is 0.322 e. The standard InChI is InChI=1S/C31H36ClNO7S/c1-18(2)10-12-38-28-19(3)20(4)29-23(21(28)5)9-11-31(6,40-29)16-39-25-8-7-22(13-24(25)32)14-26(41-17-34)30(37)33-15-27(35)36/h7-8,10,13-14,17H,9,11-12,15-16H2,1-6H3,(H,33,37)(H,35,36)/b26-14-. The zero-order valence-electron chi connectivity index (χ0n) is 24.2. The van der Waals surface area contributed by atoms with Crippen LogP contribution in [0.4, 0.5) is 0 Å². The van der Waals surface area contributed by atoms with Crippen LogP contribution in [0.1, 0.15) is 55.0 Å². The van der Waals surface area contributed by atoms with Crippen LogP contribution in [0.2, 0.25) is 5.02 Å². The number of carboxylic acids is 1. The first-order valence-electron chi connectivity index (χ1n) is 13.2. The molecule has 2 aromatic rings. The van der Waals surface area contributed by atoms with Crippen LogP contribution < -0.4 is 19.5 Å². The Labute approximate surface area is 250 Å². The average molecular weight is 602 g/mol. The molecule has 1 amide bonds. The summed E-state index contributed by atoms with van der Waals surface area (Å²) >= 11 is 7.14. The van der Waals surface area contributed by atoms with Gasteiger partial charge in [-0.05, 0) is 113 Å². The van der Waals surface area contributed by atoms with Crippen LogP contribution in [-0.4, -0.2) is 48.0 Å². The van der Waals surface area contributed by atoms with Crippen LogP contribution in [0.25, 0.3) is 6.08 Å². The van der Waals surface area contributed by atoms with Crippen LogP contribution in [0.3, 0.4) is 0 Å². The molecule has 0 radical (unpaired) electrons. The normalized spacial score (nSPS) is 16.2. The topological polar surface area (TPSA) is 111 Å². The summed E-state index contributed by atoms with van der Waals surface area (Å²) in [4.78, 5) is 34.0. The highest BCUT2D eigenvalue weighted by Crippen LogP contribution is 2.44. The van der Waals surface area contributed by atoms with E-state index in [1.165, 1.54) is 11.6 Å². The summed E-state index contributed by atoms with van der Waals surface area (Å²) < 4.78 is 18.8. The van der Waals surface area contributed by atoms with Gasteiger partial charge in [-0.3, -0.25) is 14.4 Å². The minimum absolute atomic E-state index is 0.0409. The van der Waals surface area contributed by atoms with E-state index in [1.807, 2.05) is 6.92 Å². The second-order valence-electron chi connectivity index (χ2n) is 10.4. The highest BCUT2D eigenvalue weighted by molar-refractivity contribution is 8.16. The number of halogens is 1. The number of amides is 1. The summed E-state index contributed by atoms with van der Waals surface area (Å²) in [6.07, 6.45) is 5.08. The van der Waals surface area contributed by atoms with E-state index >= 15 is 0 Å². The minimum Gasteiger partial charge on any atom is -0.489 e. The molecule has 1 heterocycles. The summed E-state index contributed by atoms with van der Waals surface area (Å²) in [5, 5.41) is 11.3. The highest BCUT2D eigenvalue weighted by atomic mass is 35.5. The van der Waals surface area contributed by atoms with Crippen LogP contribution in [0, 0.1) is 20.8 Å². The number of carboxylic acid groups (broad SMARTS) is 1. The lowest BCUT2D eigenvalue weighted by Gasteiger charge is -2.38. The molecule has 3 rings (SSSR count). The maximum absolute atomic E-state index is 12.2. The van der Waals surface area contributed by atoms with Gasteiger partial charge in [-0.1, -0.05) is 23.2 Å². The number of allylic oxidation sites excluding steroid dienone is 1. The second kappa shape index (κ2) is 14.0. The average Bonchev–Trinajstić information content (AvgIpc) is 2.91. The molecular formula is C31H36ClNO7S. The lowest BCUT2D eigenvalue weighted by Crippen LogP contribution is -2.42. The number of fused-ring (bicyclic) bond motifs is 1. The fourth-order valence-corrected chi connectivity index (χ4v) is 5.18. The van der Waals surface area contributed by atoms with E-state index in [0.29, 0.717) is 40.3 Å². The van der Waals surface area contributed by atoms with Gasteiger partial charge in [0.15, 0.2) is 5.62 Å². The van der Waals surface area contributed by atoms with Gasteiger partial charge in [0.05, 0.1) is 9.93 Å². The van der Waals surface area contributed by atoms with Gasteiger partial charge >= 0.3 is 5.97 Å². The molecule has 8 nitrogen and oxygen atoms in total. The molecule has 0 saturated carbocycles. The monoisotopic (exact) mass is 601 g/mol. The largest absolute Gasteiger partial charge is 0.489 e. The Hall–Kier alpha value is -3.43. The van der Waals surface area contributed by atoms with Gasteiger partial charge in [-0.25, -0.2) is 0 Å². The van der Waals surface area contributed by atoms with Gasteiger partial charge in [0.2, 0.25) is 0 Å². The molecule has 10 heteroatoms. The third-order valence-electron chi connectivity index (χ3n) is 6.87. The van der Waals surface area contributed by atoms with Gasteiger partial charge in [-0.2, -0.15) is 0 Å². The second-order valence-corrected chi connectivity index (χ2v) is 11.7. The van der Waals surface area contributed by atoms with Crippen LogP contribution in [-0.2, 0) is 20.8 Å². The maximum atomic E-state index is 12.2. The predicted octanol–water partition coefficient (Wildman–Crippen LogP) is 6.24. The Balaban J connectivity index is 1.74. The zero-order chi connectivity index (χ0) is 30.3. The van der Waals surface area contributed by atoms with Crippen LogP contribution >= 0.6 is 23.4 Å². The number of benzene rings is 2. The molecule has 1 atom stereocenters. The van der Waals surface area contributed by atoms with Crippen LogP contribution in [0.5, 0.6) is 17.2 Å². The number of ether oxygens (including phenoxy) is 3. The zero-order valence-corrected chi connectivity index (χ0v) is 25.8. The van der Waals surface area contributed by atoms with Gasteiger partial charge < -0.3 is 24.6 Å². The Morgan fingerprint density at radius 2 is 1.90 bits per heavy atom. The van der Waals surface area contributed by atoms with Crippen molar-refractivity contribution in [2.24, 2.45) is 0 Å². The fourth-order valence-electron chi connectivity index (χ4n) is 4.44. The number of rotatable bonds is 12. The minimum atomic E-state index is -1.19. The first-order valence-corrected chi connectivity index (χ1v) is 14.4. The van der Waals surface area contributed by atoms with E-state index in [1.54, 1.807) is 18.2 Å². The first kappa shape index (κ1) is 32.1.